The first-order chi connectivity index (χ1) is 12.0. The Morgan fingerprint density at radius 3 is 2.84 bits per heavy atom. The summed E-state index contributed by atoms with van der Waals surface area (Å²) in [5.41, 5.74) is 0.765. The first-order valence-electron chi connectivity index (χ1n) is 8.96. The van der Waals surface area contributed by atoms with E-state index in [0.717, 1.165) is 31.4 Å². The Morgan fingerprint density at radius 1 is 1.24 bits per heavy atom. The molecule has 0 saturated carbocycles. The van der Waals surface area contributed by atoms with Crippen LogP contribution in [0.2, 0.25) is 0 Å². The van der Waals surface area contributed by atoms with Gasteiger partial charge in [-0.25, -0.2) is 0 Å². The van der Waals surface area contributed by atoms with Crippen LogP contribution in [0.5, 0.6) is 5.75 Å². The summed E-state index contributed by atoms with van der Waals surface area (Å²) < 4.78 is 0. The van der Waals surface area contributed by atoms with E-state index in [2.05, 4.69) is 0 Å². The maximum atomic E-state index is 12.7. The second kappa shape index (κ2) is 7.44. The van der Waals surface area contributed by atoms with Crippen molar-refractivity contribution in [2.75, 3.05) is 32.8 Å². The molecule has 136 valence electrons. The van der Waals surface area contributed by atoms with Gasteiger partial charge in [0.1, 0.15) is 5.75 Å². The molecule has 0 radical (unpaired) electrons. The lowest BCUT2D eigenvalue weighted by atomic mass is 9.73. The minimum atomic E-state index is -0.0458. The van der Waals surface area contributed by atoms with Crippen molar-refractivity contribution in [2.45, 2.75) is 32.1 Å². The number of hydrogen-bond acceptors (Lipinski definition) is 4. The van der Waals surface area contributed by atoms with E-state index in [1.165, 1.54) is 0 Å². The number of hydrogen-bond donors (Lipinski definition) is 2. The summed E-state index contributed by atoms with van der Waals surface area (Å²) in [4.78, 5) is 28.4. The van der Waals surface area contributed by atoms with E-state index in [1.807, 2.05) is 11.0 Å². The van der Waals surface area contributed by atoms with Crippen LogP contribution < -0.4 is 0 Å². The zero-order valence-corrected chi connectivity index (χ0v) is 14.5. The first-order valence-corrected chi connectivity index (χ1v) is 8.96. The number of phenolic OH excluding ortho intramolecular Hbond substituents is 1. The molecule has 2 N–H and O–H groups in total. The average Bonchev–Trinajstić information content (AvgIpc) is 2.59. The van der Waals surface area contributed by atoms with E-state index in [4.69, 9.17) is 0 Å². The number of amides is 2. The molecule has 0 aliphatic carbocycles. The number of aliphatic hydroxyl groups excluding tert-OH is 1. The van der Waals surface area contributed by atoms with Gasteiger partial charge in [0.15, 0.2) is 0 Å². The summed E-state index contributed by atoms with van der Waals surface area (Å²) in [5.74, 6) is 0.337. The molecule has 1 atom stereocenters. The molecule has 1 spiro atoms. The van der Waals surface area contributed by atoms with Gasteiger partial charge in [0, 0.05) is 38.0 Å². The number of carbonyl (C=O) groups excluding carboxylic acids is 2. The highest BCUT2D eigenvalue weighted by atomic mass is 16.3. The molecule has 2 saturated heterocycles. The Morgan fingerprint density at radius 2 is 2.08 bits per heavy atom. The molecule has 0 unspecified atom stereocenters. The van der Waals surface area contributed by atoms with Gasteiger partial charge in [-0.2, -0.15) is 0 Å². The van der Waals surface area contributed by atoms with Crippen LogP contribution in [0.3, 0.4) is 0 Å². The maximum Gasteiger partial charge on any atom is 0.227 e. The third kappa shape index (κ3) is 4.12. The molecule has 3 rings (SSSR count). The number of nitrogens with zero attached hydrogens (tertiary/aromatic N) is 2. The molecule has 2 heterocycles. The van der Waals surface area contributed by atoms with Gasteiger partial charge < -0.3 is 20.0 Å². The lowest BCUT2D eigenvalue weighted by molar-refractivity contribution is -0.143. The Bertz CT molecular complexity index is 648. The van der Waals surface area contributed by atoms with Crippen LogP contribution >= 0.6 is 0 Å². The predicted molar refractivity (Wildman–Crippen MR) is 93.0 cm³/mol. The van der Waals surface area contributed by atoms with Gasteiger partial charge in [-0.3, -0.25) is 9.59 Å². The lowest BCUT2D eigenvalue weighted by Crippen LogP contribution is -2.55. The molecule has 6 heteroatoms. The van der Waals surface area contributed by atoms with Gasteiger partial charge in [-0.1, -0.05) is 12.1 Å². The summed E-state index contributed by atoms with van der Waals surface area (Å²) in [5, 5.41) is 18.7. The van der Waals surface area contributed by atoms with Gasteiger partial charge >= 0.3 is 0 Å². The molecule has 2 aliphatic rings. The zero-order valence-electron chi connectivity index (χ0n) is 14.5. The predicted octanol–water partition coefficient (Wildman–Crippen LogP) is 1.16. The highest BCUT2D eigenvalue weighted by molar-refractivity contribution is 5.79. The number of β-amino-alcohol motifs (C(OH)–C–C–N with tert-alkyl or cyclic N) is 1. The van der Waals surface area contributed by atoms with Crippen LogP contribution in [0.25, 0.3) is 0 Å². The van der Waals surface area contributed by atoms with E-state index in [1.54, 1.807) is 23.1 Å². The standard InChI is InChI=1S/C19H26N2O4/c22-10-9-21-14-19(7-5-17(21)24)6-2-8-20(13-19)18(25)12-15-3-1-4-16(23)11-15/h1,3-4,11,22-23H,2,5-10,12-14H2/t19-/m1/s1. The Balaban J connectivity index is 1.66. The van der Waals surface area contributed by atoms with Gasteiger partial charge in [-0.05, 0) is 37.0 Å². The van der Waals surface area contributed by atoms with Crippen molar-refractivity contribution in [1.82, 2.24) is 9.80 Å². The van der Waals surface area contributed by atoms with Gasteiger partial charge in [0.25, 0.3) is 0 Å². The first kappa shape index (κ1) is 17.7. The largest absolute Gasteiger partial charge is 0.508 e. The second-order valence-electron chi connectivity index (χ2n) is 7.30. The van der Waals surface area contributed by atoms with Gasteiger partial charge in [0.05, 0.1) is 13.0 Å². The summed E-state index contributed by atoms with van der Waals surface area (Å²) in [7, 11) is 0. The number of rotatable bonds is 4. The van der Waals surface area contributed by atoms with E-state index < -0.39 is 0 Å². The lowest BCUT2D eigenvalue weighted by Gasteiger charge is -2.48. The van der Waals surface area contributed by atoms with Crippen molar-refractivity contribution in [1.29, 1.82) is 0 Å². The van der Waals surface area contributed by atoms with Crippen molar-refractivity contribution < 1.29 is 19.8 Å². The SMILES string of the molecule is O=C1CC[C@@]2(CCCN(C(=O)Cc3cccc(O)c3)C2)CN1CCO. The molecule has 1 aromatic carbocycles. The number of likely N-dealkylation sites (tertiary alicyclic amines) is 2. The van der Waals surface area contributed by atoms with E-state index in [9.17, 15) is 19.8 Å². The summed E-state index contributed by atoms with van der Waals surface area (Å²) in [6.45, 7) is 2.38. The maximum absolute atomic E-state index is 12.7. The third-order valence-corrected chi connectivity index (χ3v) is 5.40. The fourth-order valence-corrected chi connectivity index (χ4v) is 4.13. The average molecular weight is 346 g/mol. The molecule has 2 fully saturated rings. The number of carbonyl (C=O) groups is 2. The number of piperidine rings is 2. The quantitative estimate of drug-likeness (QED) is 0.857. The summed E-state index contributed by atoms with van der Waals surface area (Å²) >= 11 is 0. The smallest absolute Gasteiger partial charge is 0.227 e. The van der Waals surface area contributed by atoms with Crippen LogP contribution in [0.15, 0.2) is 24.3 Å². The third-order valence-electron chi connectivity index (χ3n) is 5.40. The van der Waals surface area contributed by atoms with Crippen molar-refractivity contribution in [2.24, 2.45) is 5.41 Å². The van der Waals surface area contributed by atoms with Crippen molar-refractivity contribution >= 4 is 11.8 Å². The minimum Gasteiger partial charge on any atom is -0.508 e. The van der Waals surface area contributed by atoms with Crippen LogP contribution in [-0.2, 0) is 16.0 Å². The Hall–Kier alpha value is -2.08. The van der Waals surface area contributed by atoms with Crippen molar-refractivity contribution in [3.63, 3.8) is 0 Å². The molecule has 0 aromatic heterocycles. The monoisotopic (exact) mass is 346 g/mol. The Labute approximate surface area is 148 Å². The number of benzene rings is 1. The van der Waals surface area contributed by atoms with Crippen molar-refractivity contribution in [3.05, 3.63) is 29.8 Å². The molecule has 2 aliphatic heterocycles. The van der Waals surface area contributed by atoms with Crippen LogP contribution in [0.1, 0.15) is 31.2 Å². The van der Waals surface area contributed by atoms with Crippen LogP contribution in [-0.4, -0.2) is 64.6 Å². The topological polar surface area (TPSA) is 81.1 Å². The zero-order chi connectivity index (χ0) is 17.9. The van der Waals surface area contributed by atoms with Crippen molar-refractivity contribution in [3.8, 4) is 5.75 Å². The van der Waals surface area contributed by atoms with E-state index in [-0.39, 0.29) is 36.0 Å². The molecule has 2 amide bonds. The van der Waals surface area contributed by atoms with E-state index in [0.29, 0.717) is 26.1 Å². The second-order valence-corrected chi connectivity index (χ2v) is 7.30. The highest BCUT2D eigenvalue weighted by Gasteiger charge is 2.42. The number of aliphatic hydroxyl groups is 1. The molecule has 25 heavy (non-hydrogen) atoms. The number of aromatic hydroxyl groups is 1. The number of phenols is 1. The molecular weight excluding hydrogens is 320 g/mol. The van der Waals surface area contributed by atoms with Crippen LogP contribution in [0, 0.1) is 5.41 Å². The molecule has 1 aromatic rings. The van der Waals surface area contributed by atoms with Gasteiger partial charge in [0.2, 0.25) is 11.8 Å². The molecule has 0 bridgehead atoms. The highest BCUT2D eigenvalue weighted by Crippen LogP contribution is 2.39. The molecule has 6 nitrogen and oxygen atoms in total. The van der Waals surface area contributed by atoms with E-state index >= 15 is 0 Å². The van der Waals surface area contributed by atoms with Crippen LogP contribution in [0.4, 0.5) is 0 Å². The molecular formula is C19H26N2O4. The Kier molecular flexibility index (Phi) is 5.27. The summed E-state index contributed by atoms with van der Waals surface area (Å²) in [6.07, 6.45) is 3.53. The minimum absolute atomic E-state index is 0.0258. The fourth-order valence-electron chi connectivity index (χ4n) is 4.13. The normalized spacial score (nSPS) is 24.0. The fraction of sp³-hybridized carbons (Fsp3) is 0.579. The summed E-state index contributed by atoms with van der Waals surface area (Å²) in [6, 6.07) is 6.81. The van der Waals surface area contributed by atoms with Gasteiger partial charge in [-0.15, -0.1) is 0 Å².